The van der Waals surface area contributed by atoms with Crippen molar-refractivity contribution >= 4 is 12.6 Å². The highest BCUT2D eigenvalue weighted by Gasteiger charge is 2.22. The van der Waals surface area contributed by atoms with Gasteiger partial charge in [-0.05, 0) is 6.92 Å². The van der Waals surface area contributed by atoms with E-state index in [4.69, 9.17) is 0 Å². The smallest absolute Gasteiger partial charge is 0.224 e. The number of hydrogen-bond acceptors (Lipinski definition) is 4. The highest BCUT2D eigenvalue weighted by Crippen LogP contribution is 2.11. The molecule has 42 valence electrons. The van der Waals surface area contributed by atoms with Gasteiger partial charge in [0.05, 0.1) is 0 Å². The quantitative estimate of drug-likeness (QED) is 0.452. The van der Waals surface area contributed by atoms with Crippen molar-refractivity contribution in [3.05, 3.63) is 0 Å². The van der Waals surface area contributed by atoms with Crippen molar-refractivity contribution in [2.45, 2.75) is 12.6 Å². The summed E-state index contributed by atoms with van der Waals surface area (Å²) in [4.78, 5) is 13.7. The van der Waals surface area contributed by atoms with Gasteiger partial charge in [0, 0.05) is 0 Å². The van der Waals surface area contributed by atoms with Crippen LogP contribution in [0.2, 0.25) is 0 Å². The van der Waals surface area contributed by atoms with Crippen LogP contribution in [0.15, 0.2) is 15.2 Å². The van der Waals surface area contributed by atoms with E-state index in [9.17, 15) is 4.79 Å². The van der Waals surface area contributed by atoms with Gasteiger partial charge in [0.1, 0.15) is 6.34 Å². The van der Waals surface area contributed by atoms with Gasteiger partial charge in [0.25, 0.3) is 0 Å². The lowest BCUT2D eigenvalue weighted by Gasteiger charge is -2.01. The highest BCUT2D eigenvalue weighted by atomic mass is 16.1. The average molecular weight is 111 g/mol. The highest BCUT2D eigenvalue weighted by molar-refractivity contribution is 5.70. The molecule has 0 spiro atoms. The summed E-state index contributed by atoms with van der Waals surface area (Å²) in [7, 11) is 0. The summed E-state index contributed by atoms with van der Waals surface area (Å²) < 4.78 is 0. The molecule has 0 N–H and O–H groups in total. The van der Waals surface area contributed by atoms with E-state index in [1.807, 2.05) is 0 Å². The van der Waals surface area contributed by atoms with Gasteiger partial charge in [0.15, 0.2) is 6.29 Å². The minimum absolute atomic E-state index is 0.653. The molecule has 0 radical (unpaired) electrons. The SMILES string of the molecule is CC1(C=O)N=CN=N1. The lowest BCUT2D eigenvalue weighted by atomic mass is 10.3. The van der Waals surface area contributed by atoms with Gasteiger partial charge in [-0.15, -0.1) is 10.2 Å². The third kappa shape index (κ3) is 0.641. The minimum Gasteiger partial charge on any atom is -0.298 e. The lowest BCUT2D eigenvalue weighted by Crippen LogP contribution is -2.16. The van der Waals surface area contributed by atoms with Crippen molar-refractivity contribution in [1.82, 2.24) is 0 Å². The molecule has 1 atom stereocenters. The van der Waals surface area contributed by atoms with Crippen LogP contribution in [0.4, 0.5) is 0 Å². The van der Waals surface area contributed by atoms with Crippen LogP contribution < -0.4 is 0 Å². The third-order valence-corrected chi connectivity index (χ3v) is 0.854. The Hall–Kier alpha value is -1.06. The number of rotatable bonds is 1. The Bertz CT molecular complexity index is 149. The van der Waals surface area contributed by atoms with Gasteiger partial charge in [0.2, 0.25) is 5.66 Å². The molecule has 4 heteroatoms. The van der Waals surface area contributed by atoms with E-state index in [2.05, 4.69) is 15.2 Å². The van der Waals surface area contributed by atoms with Gasteiger partial charge in [-0.25, -0.2) is 4.99 Å². The second-order valence-corrected chi connectivity index (χ2v) is 1.67. The van der Waals surface area contributed by atoms with Crippen LogP contribution in [0.25, 0.3) is 0 Å². The number of aldehydes is 1. The summed E-state index contributed by atoms with van der Waals surface area (Å²) in [5.41, 5.74) is -0.917. The Balaban J connectivity index is 2.83. The zero-order valence-electron chi connectivity index (χ0n) is 4.40. The number of carbonyl (C=O) groups excluding carboxylic acids is 1. The van der Waals surface area contributed by atoms with Crippen LogP contribution >= 0.6 is 0 Å². The fourth-order valence-electron chi connectivity index (χ4n) is 0.365. The Morgan fingerprint density at radius 3 is 2.75 bits per heavy atom. The zero-order chi connectivity index (χ0) is 6.04. The maximum absolute atomic E-state index is 10.1. The number of carbonyl (C=O) groups is 1. The van der Waals surface area contributed by atoms with Gasteiger partial charge >= 0.3 is 0 Å². The van der Waals surface area contributed by atoms with E-state index in [1.165, 1.54) is 6.34 Å². The van der Waals surface area contributed by atoms with Crippen molar-refractivity contribution < 1.29 is 4.79 Å². The van der Waals surface area contributed by atoms with Crippen LogP contribution in [0.5, 0.6) is 0 Å². The van der Waals surface area contributed by atoms with E-state index in [0.29, 0.717) is 6.29 Å². The molecule has 1 aliphatic heterocycles. The largest absolute Gasteiger partial charge is 0.298 e. The number of hydrogen-bond donors (Lipinski definition) is 0. The zero-order valence-corrected chi connectivity index (χ0v) is 4.40. The molecular formula is C4H5N3O. The Kier molecular flexibility index (Phi) is 0.932. The van der Waals surface area contributed by atoms with Gasteiger partial charge in [-0.3, -0.25) is 4.79 Å². The molecule has 0 aliphatic carbocycles. The van der Waals surface area contributed by atoms with Crippen molar-refractivity contribution in [3.63, 3.8) is 0 Å². The Labute approximate surface area is 46.3 Å². The van der Waals surface area contributed by atoms with Crippen molar-refractivity contribution in [1.29, 1.82) is 0 Å². The first-order valence-corrected chi connectivity index (χ1v) is 2.19. The van der Waals surface area contributed by atoms with E-state index >= 15 is 0 Å². The first kappa shape index (κ1) is 5.08. The number of aliphatic imine (C=N–C) groups is 1. The molecule has 0 saturated heterocycles. The molecule has 1 rings (SSSR count). The van der Waals surface area contributed by atoms with Crippen LogP contribution in [0.1, 0.15) is 6.92 Å². The van der Waals surface area contributed by atoms with E-state index < -0.39 is 5.66 Å². The van der Waals surface area contributed by atoms with Crippen molar-refractivity contribution in [2.24, 2.45) is 15.2 Å². The summed E-state index contributed by atoms with van der Waals surface area (Å²) in [6.45, 7) is 1.59. The fraction of sp³-hybridized carbons (Fsp3) is 0.500. The van der Waals surface area contributed by atoms with Gasteiger partial charge in [-0.1, -0.05) is 0 Å². The van der Waals surface area contributed by atoms with Crippen LogP contribution in [-0.2, 0) is 4.79 Å². The van der Waals surface area contributed by atoms with E-state index in [0.717, 1.165) is 0 Å². The average Bonchev–Trinajstić information content (AvgIpc) is 2.17. The number of nitrogens with zero attached hydrogens (tertiary/aromatic N) is 3. The second-order valence-electron chi connectivity index (χ2n) is 1.67. The third-order valence-electron chi connectivity index (χ3n) is 0.854. The molecule has 0 saturated carbocycles. The molecule has 8 heavy (non-hydrogen) atoms. The maximum Gasteiger partial charge on any atom is 0.224 e. The fourth-order valence-corrected chi connectivity index (χ4v) is 0.365. The van der Waals surface area contributed by atoms with Crippen molar-refractivity contribution in [2.75, 3.05) is 0 Å². The molecule has 0 amide bonds. The lowest BCUT2D eigenvalue weighted by molar-refractivity contribution is -0.111. The summed E-state index contributed by atoms with van der Waals surface area (Å²) in [6.07, 6.45) is 1.92. The molecule has 0 aromatic carbocycles. The Morgan fingerprint density at radius 1 is 1.75 bits per heavy atom. The van der Waals surface area contributed by atoms with Crippen LogP contribution in [0, 0.1) is 0 Å². The summed E-state index contributed by atoms with van der Waals surface area (Å²) >= 11 is 0. The first-order chi connectivity index (χ1) is 3.77. The molecule has 1 unspecified atom stereocenters. The molecule has 1 heterocycles. The minimum atomic E-state index is -0.917. The first-order valence-electron chi connectivity index (χ1n) is 2.19. The second kappa shape index (κ2) is 1.47. The molecule has 1 aliphatic rings. The molecule has 0 aromatic rings. The summed E-state index contributed by atoms with van der Waals surface area (Å²) in [6, 6.07) is 0. The molecule has 4 nitrogen and oxygen atoms in total. The van der Waals surface area contributed by atoms with Gasteiger partial charge < -0.3 is 0 Å². The topological polar surface area (TPSA) is 54.1 Å². The summed E-state index contributed by atoms with van der Waals surface area (Å²) in [5, 5.41) is 6.93. The summed E-state index contributed by atoms with van der Waals surface area (Å²) in [5.74, 6) is 0. The number of azo groups is 1. The molecule has 0 aromatic heterocycles. The monoisotopic (exact) mass is 111 g/mol. The standard InChI is InChI=1S/C4H5N3O/c1-4(2-8)5-3-6-7-4/h2-3H,1H3. The van der Waals surface area contributed by atoms with Crippen molar-refractivity contribution in [3.8, 4) is 0 Å². The predicted molar refractivity (Wildman–Crippen MR) is 27.8 cm³/mol. The molecular weight excluding hydrogens is 106 g/mol. The van der Waals surface area contributed by atoms with E-state index in [-0.39, 0.29) is 0 Å². The maximum atomic E-state index is 10.1. The Morgan fingerprint density at radius 2 is 2.50 bits per heavy atom. The normalized spacial score (nSPS) is 33.6. The van der Waals surface area contributed by atoms with Gasteiger partial charge in [-0.2, -0.15) is 0 Å². The van der Waals surface area contributed by atoms with Crippen LogP contribution in [-0.4, -0.2) is 18.3 Å². The predicted octanol–water partition coefficient (Wildman–Crippen LogP) is 0.396. The van der Waals surface area contributed by atoms with Crippen LogP contribution in [0.3, 0.4) is 0 Å². The molecule has 0 bridgehead atoms. The molecule has 0 fully saturated rings. The van der Waals surface area contributed by atoms with E-state index in [1.54, 1.807) is 6.92 Å².